The van der Waals surface area contributed by atoms with Crippen LogP contribution in [0.1, 0.15) is 0 Å². The number of methoxy groups -OCH3 is 2. The van der Waals surface area contributed by atoms with Gasteiger partial charge in [0.25, 0.3) is 5.91 Å². The minimum atomic E-state index is -0.309. The van der Waals surface area contributed by atoms with Gasteiger partial charge in [0, 0.05) is 47.4 Å². The third-order valence-electron chi connectivity index (χ3n) is 5.34. The van der Waals surface area contributed by atoms with Crippen molar-refractivity contribution >= 4 is 17.2 Å². The van der Waals surface area contributed by atoms with E-state index in [0.29, 0.717) is 40.1 Å². The number of carbonyl (C=O) groups excluding carboxylic acids is 1. The van der Waals surface area contributed by atoms with E-state index in [1.807, 2.05) is 42.5 Å². The minimum absolute atomic E-state index is 0.180. The van der Waals surface area contributed by atoms with Crippen molar-refractivity contribution in [2.24, 2.45) is 0 Å². The molecule has 1 amide bonds. The smallest absolute Gasteiger partial charge is 0.262 e. The Morgan fingerprint density at radius 3 is 2.36 bits per heavy atom. The number of fused-ring (bicyclic) bond motifs is 1. The molecular weight excluding hydrogens is 460 g/mol. The summed E-state index contributed by atoms with van der Waals surface area (Å²) in [5.74, 6) is 1.91. The standard InChI is InChI=1S/C26H22N6O4/c1-34-20-13-21(35-2)15-22(14-20)36-16-25(33)28-19-5-3-4-18(12-19)23-6-7-24-29-30-26(32(24)31-23)17-8-10-27-11-9-17/h3-15H,16H2,1-2H3,(H,28,33). The normalized spacial score (nSPS) is 10.7. The van der Waals surface area contributed by atoms with Crippen molar-refractivity contribution in [3.05, 3.63) is 79.1 Å². The summed E-state index contributed by atoms with van der Waals surface area (Å²) in [4.78, 5) is 16.6. The molecule has 180 valence electrons. The molecule has 1 N–H and O–H groups in total. The Bertz CT molecular complexity index is 1500. The number of ether oxygens (including phenoxy) is 3. The first-order valence-corrected chi connectivity index (χ1v) is 11.0. The van der Waals surface area contributed by atoms with Crippen LogP contribution < -0.4 is 19.5 Å². The Kier molecular flexibility index (Phi) is 6.39. The van der Waals surface area contributed by atoms with E-state index in [0.717, 1.165) is 11.1 Å². The lowest BCUT2D eigenvalue weighted by Gasteiger charge is -2.11. The molecular formula is C26H22N6O4. The van der Waals surface area contributed by atoms with Gasteiger partial charge in [-0.1, -0.05) is 12.1 Å². The van der Waals surface area contributed by atoms with Crippen LogP contribution in [0.15, 0.2) is 79.1 Å². The second-order valence-corrected chi connectivity index (χ2v) is 7.71. The van der Waals surface area contributed by atoms with Crippen LogP contribution in [-0.2, 0) is 4.79 Å². The first kappa shape index (κ1) is 22.8. The number of amides is 1. The van der Waals surface area contributed by atoms with Crippen LogP contribution in [0.25, 0.3) is 28.3 Å². The van der Waals surface area contributed by atoms with Gasteiger partial charge in [-0.15, -0.1) is 10.2 Å². The number of aromatic nitrogens is 5. The highest BCUT2D eigenvalue weighted by atomic mass is 16.5. The van der Waals surface area contributed by atoms with Gasteiger partial charge in [0.05, 0.1) is 19.9 Å². The SMILES string of the molecule is COc1cc(OC)cc(OCC(=O)Nc2cccc(-c3ccc4nnc(-c5ccncc5)n4n3)c2)c1. The number of pyridine rings is 1. The fraction of sp³-hybridized carbons (Fsp3) is 0.115. The molecule has 10 nitrogen and oxygen atoms in total. The van der Waals surface area contributed by atoms with Gasteiger partial charge in [-0.2, -0.15) is 9.61 Å². The highest BCUT2D eigenvalue weighted by molar-refractivity contribution is 5.92. The largest absolute Gasteiger partial charge is 0.496 e. The summed E-state index contributed by atoms with van der Waals surface area (Å²) in [6.45, 7) is -0.180. The predicted molar refractivity (Wildman–Crippen MR) is 133 cm³/mol. The van der Waals surface area contributed by atoms with Crippen molar-refractivity contribution in [2.75, 3.05) is 26.1 Å². The van der Waals surface area contributed by atoms with Crippen LogP contribution in [0.5, 0.6) is 17.2 Å². The molecule has 2 aromatic carbocycles. The molecule has 3 heterocycles. The summed E-state index contributed by atoms with van der Waals surface area (Å²) < 4.78 is 17.8. The van der Waals surface area contributed by atoms with Crippen LogP contribution in [0, 0.1) is 0 Å². The number of carbonyl (C=O) groups is 1. The average Bonchev–Trinajstić information content (AvgIpc) is 3.35. The fourth-order valence-electron chi connectivity index (χ4n) is 3.59. The van der Waals surface area contributed by atoms with E-state index < -0.39 is 0 Å². The molecule has 36 heavy (non-hydrogen) atoms. The zero-order chi connectivity index (χ0) is 24.9. The molecule has 0 unspecified atom stereocenters. The maximum atomic E-state index is 12.5. The number of nitrogens with one attached hydrogen (secondary N) is 1. The van der Waals surface area contributed by atoms with Crippen LogP contribution in [-0.4, -0.2) is 51.5 Å². The number of rotatable bonds is 8. The van der Waals surface area contributed by atoms with Crippen molar-refractivity contribution < 1.29 is 19.0 Å². The first-order valence-electron chi connectivity index (χ1n) is 11.0. The van der Waals surface area contributed by atoms with Gasteiger partial charge in [0.2, 0.25) is 0 Å². The molecule has 0 saturated heterocycles. The summed E-state index contributed by atoms with van der Waals surface area (Å²) in [6, 6.07) is 19.9. The third-order valence-corrected chi connectivity index (χ3v) is 5.34. The van der Waals surface area contributed by atoms with E-state index in [1.54, 1.807) is 55.4 Å². The number of anilines is 1. The lowest BCUT2D eigenvalue weighted by Crippen LogP contribution is -2.20. The molecule has 3 aromatic heterocycles. The lowest BCUT2D eigenvalue weighted by molar-refractivity contribution is -0.118. The van der Waals surface area contributed by atoms with Crippen LogP contribution in [0.2, 0.25) is 0 Å². The molecule has 0 aliphatic heterocycles. The predicted octanol–water partition coefficient (Wildman–Crippen LogP) is 3.89. The molecule has 0 saturated carbocycles. The Morgan fingerprint density at radius 1 is 0.861 bits per heavy atom. The topological polar surface area (TPSA) is 113 Å². The maximum absolute atomic E-state index is 12.5. The van der Waals surface area contributed by atoms with Gasteiger partial charge in [-0.25, -0.2) is 0 Å². The summed E-state index contributed by atoms with van der Waals surface area (Å²) in [6.07, 6.45) is 3.39. The highest BCUT2D eigenvalue weighted by Gasteiger charge is 2.12. The maximum Gasteiger partial charge on any atom is 0.262 e. The Labute approximate surface area is 206 Å². The Balaban J connectivity index is 1.32. The van der Waals surface area contributed by atoms with E-state index in [1.165, 1.54) is 0 Å². The van der Waals surface area contributed by atoms with Crippen molar-refractivity contribution in [3.8, 4) is 39.9 Å². The lowest BCUT2D eigenvalue weighted by atomic mass is 10.1. The van der Waals surface area contributed by atoms with Crippen LogP contribution in [0.3, 0.4) is 0 Å². The van der Waals surface area contributed by atoms with E-state index in [4.69, 9.17) is 19.3 Å². The Hall–Kier alpha value is -4.99. The van der Waals surface area contributed by atoms with Crippen LogP contribution in [0.4, 0.5) is 5.69 Å². The molecule has 10 heteroatoms. The van der Waals surface area contributed by atoms with E-state index in [9.17, 15) is 4.79 Å². The van der Waals surface area contributed by atoms with Crippen molar-refractivity contribution in [2.45, 2.75) is 0 Å². The molecule has 5 rings (SSSR count). The number of hydrogen-bond donors (Lipinski definition) is 1. The van der Waals surface area contributed by atoms with E-state index >= 15 is 0 Å². The van der Waals surface area contributed by atoms with Gasteiger partial charge >= 0.3 is 0 Å². The highest BCUT2D eigenvalue weighted by Crippen LogP contribution is 2.27. The minimum Gasteiger partial charge on any atom is -0.496 e. The second-order valence-electron chi connectivity index (χ2n) is 7.71. The van der Waals surface area contributed by atoms with Gasteiger partial charge in [-0.05, 0) is 36.4 Å². The average molecular weight is 483 g/mol. The van der Waals surface area contributed by atoms with Crippen molar-refractivity contribution in [3.63, 3.8) is 0 Å². The summed E-state index contributed by atoms with van der Waals surface area (Å²) in [7, 11) is 3.10. The second kappa shape index (κ2) is 10.1. The van der Waals surface area contributed by atoms with Crippen molar-refractivity contribution in [1.82, 2.24) is 24.8 Å². The molecule has 0 aliphatic carbocycles. The van der Waals surface area contributed by atoms with Gasteiger partial charge in [0.1, 0.15) is 17.2 Å². The molecule has 0 bridgehead atoms. The monoisotopic (exact) mass is 482 g/mol. The van der Waals surface area contributed by atoms with E-state index in [2.05, 4.69) is 20.5 Å². The van der Waals surface area contributed by atoms with E-state index in [-0.39, 0.29) is 12.5 Å². The molecule has 5 aromatic rings. The number of hydrogen-bond acceptors (Lipinski definition) is 8. The molecule has 0 atom stereocenters. The third kappa shape index (κ3) is 4.92. The van der Waals surface area contributed by atoms with Gasteiger partial charge in [-0.3, -0.25) is 9.78 Å². The molecule has 0 radical (unpaired) electrons. The number of benzene rings is 2. The Morgan fingerprint density at radius 2 is 1.61 bits per heavy atom. The fourth-order valence-corrected chi connectivity index (χ4v) is 3.59. The van der Waals surface area contributed by atoms with Crippen LogP contribution >= 0.6 is 0 Å². The quantitative estimate of drug-likeness (QED) is 0.355. The summed E-state index contributed by atoms with van der Waals surface area (Å²) in [5, 5.41) is 16.0. The first-order chi connectivity index (χ1) is 17.6. The van der Waals surface area contributed by atoms with Gasteiger partial charge < -0.3 is 19.5 Å². The summed E-state index contributed by atoms with van der Waals surface area (Å²) >= 11 is 0. The zero-order valence-electron chi connectivity index (χ0n) is 19.6. The molecule has 0 aliphatic rings. The molecule has 0 fully saturated rings. The number of nitrogens with zero attached hydrogens (tertiary/aromatic N) is 5. The summed E-state index contributed by atoms with van der Waals surface area (Å²) in [5.41, 5.74) is 3.62. The molecule has 0 spiro atoms. The van der Waals surface area contributed by atoms with Crippen molar-refractivity contribution in [1.29, 1.82) is 0 Å². The zero-order valence-corrected chi connectivity index (χ0v) is 19.6. The van der Waals surface area contributed by atoms with Gasteiger partial charge in [0.15, 0.2) is 18.1 Å².